The molecule has 0 heterocycles. The minimum Gasteiger partial charge on any atom is -0.497 e. The average Bonchev–Trinajstić information content (AvgIpc) is 2.65. The number of hydrogen-bond donors (Lipinski definition) is 1. The van der Waals surface area contributed by atoms with Crippen molar-refractivity contribution in [3.63, 3.8) is 0 Å². The van der Waals surface area contributed by atoms with Gasteiger partial charge >= 0.3 is 0 Å². The molecule has 0 aliphatic carbocycles. The van der Waals surface area contributed by atoms with Crippen molar-refractivity contribution in [3.05, 3.63) is 65.7 Å². The molecule has 5 nitrogen and oxygen atoms in total. The summed E-state index contributed by atoms with van der Waals surface area (Å²) in [5, 5.41) is 2.80. The van der Waals surface area contributed by atoms with Crippen LogP contribution >= 0.6 is 0 Å². The third kappa shape index (κ3) is 5.92. The van der Waals surface area contributed by atoms with E-state index in [-0.39, 0.29) is 24.3 Å². The summed E-state index contributed by atoms with van der Waals surface area (Å²) in [5.74, 6) is 0.323. The molecule has 0 fully saturated rings. The summed E-state index contributed by atoms with van der Waals surface area (Å²) in [4.78, 5) is 26.4. The first-order valence-electron chi connectivity index (χ1n) is 8.72. The molecule has 2 amide bonds. The van der Waals surface area contributed by atoms with Crippen LogP contribution in [0.5, 0.6) is 5.75 Å². The molecule has 5 heteroatoms. The van der Waals surface area contributed by atoms with Crippen LogP contribution in [0.3, 0.4) is 0 Å². The molecule has 0 unspecified atom stereocenters. The van der Waals surface area contributed by atoms with Crippen LogP contribution in [0.15, 0.2) is 54.6 Å². The van der Waals surface area contributed by atoms with Crippen molar-refractivity contribution < 1.29 is 14.3 Å². The zero-order valence-electron chi connectivity index (χ0n) is 15.6. The third-order valence-electron chi connectivity index (χ3n) is 4.10. The van der Waals surface area contributed by atoms with Crippen molar-refractivity contribution in [3.8, 4) is 5.75 Å². The molecule has 2 aromatic carbocycles. The Labute approximate surface area is 155 Å². The minimum atomic E-state index is -0.274. The Kier molecular flexibility index (Phi) is 7.21. The van der Waals surface area contributed by atoms with Crippen molar-refractivity contribution in [2.24, 2.45) is 0 Å². The Morgan fingerprint density at radius 3 is 2.23 bits per heavy atom. The van der Waals surface area contributed by atoms with E-state index in [1.54, 1.807) is 12.0 Å². The topological polar surface area (TPSA) is 58.6 Å². The first kappa shape index (κ1) is 19.5. The number of nitrogens with zero attached hydrogens (tertiary/aromatic N) is 1. The van der Waals surface area contributed by atoms with Gasteiger partial charge in [0.1, 0.15) is 12.2 Å². The third-order valence-corrected chi connectivity index (χ3v) is 4.10. The molecule has 138 valence electrons. The highest BCUT2D eigenvalue weighted by Crippen LogP contribution is 2.12. The summed E-state index contributed by atoms with van der Waals surface area (Å²) in [7, 11) is 1.61. The number of amides is 2. The Hall–Kier alpha value is -2.82. The summed E-state index contributed by atoms with van der Waals surface area (Å²) in [6.45, 7) is 4.80. The summed E-state index contributed by atoms with van der Waals surface area (Å²) in [6.07, 6.45) is -0.152. The number of hydrogen-bond acceptors (Lipinski definition) is 3. The summed E-state index contributed by atoms with van der Waals surface area (Å²) in [5.41, 5.74) is 2.00. The molecule has 0 spiro atoms. The molecule has 0 saturated carbocycles. The number of nitrogens with one attached hydrogen (secondary N) is 1. The summed E-state index contributed by atoms with van der Waals surface area (Å²) in [6, 6.07) is 17.3. The van der Waals surface area contributed by atoms with Gasteiger partial charge in [-0.05, 0) is 37.1 Å². The van der Waals surface area contributed by atoms with Gasteiger partial charge in [0, 0.05) is 19.1 Å². The maximum Gasteiger partial charge on any atom is 0.232 e. The van der Waals surface area contributed by atoms with E-state index >= 15 is 0 Å². The van der Waals surface area contributed by atoms with E-state index in [0.29, 0.717) is 13.1 Å². The van der Waals surface area contributed by atoms with Crippen LogP contribution in [0.4, 0.5) is 0 Å². The van der Waals surface area contributed by atoms with Crippen LogP contribution < -0.4 is 10.1 Å². The van der Waals surface area contributed by atoms with Gasteiger partial charge < -0.3 is 15.0 Å². The van der Waals surface area contributed by atoms with Crippen LogP contribution in [0, 0.1) is 0 Å². The Morgan fingerprint density at radius 1 is 1.00 bits per heavy atom. The fourth-order valence-corrected chi connectivity index (χ4v) is 2.58. The van der Waals surface area contributed by atoms with Crippen LogP contribution in [0.25, 0.3) is 0 Å². The minimum absolute atomic E-state index is 0.0251. The van der Waals surface area contributed by atoms with E-state index in [2.05, 4.69) is 5.32 Å². The second-order valence-electron chi connectivity index (χ2n) is 6.40. The quantitative estimate of drug-likeness (QED) is 0.741. The molecule has 2 rings (SSSR count). The SMILES string of the molecule is COc1ccc(CNC(=O)CC(=O)N(Cc2ccccc2)C(C)C)cc1. The van der Waals surface area contributed by atoms with Crippen LogP contribution in [0.2, 0.25) is 0 Å². The lowest BCUT2D eigenvalue weighted by Crippen LogP contribution is -2.39. The second kappa shape index (κ2) is 9.61. The highest BCUT2D eigenvalue weighted by molar-refractivity contribution is 5.96. The van der Waals surface area contributed by atoms with Gasteiger partial charge in [0.2, 0.25) is 11.8 Å². The van der Waals surface area contributed by atoms with Crippen molar-refractivity contribution in [1.29, 1.82) is 0 Å². The van der Waals surface area contributed by atoms with E-state index in [1.165, 1.54) is 0 Å². The van der Waals surface area contributed by atoms with Gasteiger partial charge in [0.15, 0.2) is 0 Å². The molecule has 2 aromatic rings. The lowest BCUT2D eigenvalue weighted by molar-refractivity contribution is -0.138. The van der Waals surface area contributed by atoms with Gasteiger partial charge in [-0.25, -0.2) is 0 Å². The van der Waals surface area contributed by atoms with Crippen LogP contribution in [0.1, 0.15) is 31.4 Å². The molecular weight excluding hydrogens is 328 g/mol. The lowest BCUT2D eigenvalue weighted by atomic mass is 10.1. The van der Waals surface area contributed by atoms with Gasteiger partial charge in [0.05, 0.1) is 7.11 Å². The number of methoxy groups -OCH3 is 1. The predicted octanol–water partition coefficient (Wildman–Crippen LogP) is 3.14. The standard InChI is InChI=1S/C21H26N2O3/c1-16(2)23(15-18-7-5-4-6-8-18)21(25)13-20(24)22-14-17-9-11-19(26-3)12-10-17/h4-12,16H,13-15H2,1-3H3,(H,22,24). The Balaban J connectivity index is 1.87. The second-order valence-corrected chi connectivity index (χ2v) is 6.40. The van der Waals surface area contributed by atoms with Crippen LogP contribution in [-0.2, 0) is 22.7 Å². The zero-order valence-corrected chi connectivity index (χ0v) is 15.6. The maximum absolute atomic E-state index is 12.5. The van der Waals surface area contributed by atoms with Gasteiger partial charge in [-0.3, -0.25) is 9.59 Å². The predicted molar refractivity (Wildman–Crippen MR) is 102 cm³/mol. The number of carbonyl (C=O) groups is 2. The van der Waals surface area contributed by atoms with E-state index in [9.17, 15) is 9.59 Å². The molecule has 0 saturated heterocycles. The molecule has 26 heavy (non-hydrogen) atoms. The van der Waals surface area contributed by atoms with Gasteiger partial charge in [-0.15, -0.1) is 0 Å². The smallest absolute Gasteiger partial charge is 0.232 e. The lowest BCUT2D eigenvalue weighted by Gasteiger charge is -2.26. The first-order valence-corrected chi connectivity index (χ1v) is 8.72. The number of benzene rings is 2. The molecule has 0 aliphatic heterocycles. The molecule has 1 N–H and O–H groups in total. The average molecular weight is 354 g/mol. The molecule has 0 radical (unpaired) electrons. The van der Waals surface area contributed by atoms with E-state index in [1.807, 2.05) is 68.4 Å². The Bertz CT molecular complexity index is 712. The molecule has 0 bridgehead atoms. The Morgan fingerprint density at radius 2 is 1.65 bits per heavy atom. The summed E-state index contributed by atoms with van der Waals surface area (Å²) < 4.78 is 5.11. The zero-order chi connectivity index (χ0) is 18.9. The van der Waals surface area contributed by atoms with E-state index in [0.717, 1.165) is 16.9 Å². The van der Waals surface area contributed by atoms with Gasteiger partial charge in [-0.1, -0.05) is 42.5 Å². The van der Waals surface area contributed by atoms with Crippen molar-refractivity contribution in [2.45, 2.75) is 39.4 Å². The monoisotopic (exact) mass is 354 g/mol. The number of ether oxygens (including phenoxy) is 1. The molecular formula is C21H26N2O3. The highest BCUT2D eigenvalue weighted by Gasteiger charge is 2.20. The van der Waals surface area contributed by atoms with Crippen LogP contribution in [-0.4, -0.2) is 29.9 Å². The maximum atomic E-state index is 12.5. The normalized spacial score (nSPS) is 10.5. The van der Waals surface area contributed by atoms with Gasteiger partial charge in [-0.2, -0.15) is 0 Å². The van der Waals surface area contributed by atoms with Crippen molar-refractivity contribution in [2.75, 3.05) is 7.11 Å². The number of carbonyl (C=O) groups excluding carboxylic acids is 2. The fraction of sp³-hybridized carbons (Fsp3) is 0.333. The van der Waals surface area contributed by atoms with Gasteiger partial charge in [0.25, 0.3) is 0 Å². The van der Waals surface area contributed by atoms with E-state index in [4.69, 9.17) is 4.74 Å². The fourth-order valence-electron chi connectivity index (χ4n) is 2.58. The van der Waals surface area contributed by atoms with E-state index < -0.39 is 0 Å². The van der Waals surface area contributed by atoms with Crippen molar-refractivity contribution in [1.82, 2.24) is 10.2 Å². The molecule has 0 aliphatic rings. The largest absolute Gasteiger partial charge is 0.497 e. The number of rotatable bonds is 8. The summed E-state index contributed by atoms with van der Waals surface area (Å²) >= 11 is 0. The highest BCUT2D eigenvalue weighted by atomic mass is 16.5. The first-order chi connectivity index (χ1) is 12.5. The molecule has 0 atom stereocenters. The molecule has 0 aromatic heterocycles. The van der Waals surface area contributed by atoms with Crippen molar-refractivity contribution >= 4 is 11.8 Å².